The molecule has 0 aliphatic heterocycles. The SMILES string of the molecule is Cc1ncc(CNC2CCC(N)CC2)s1. The molecule has 0 amide bonds. The summed E-state index contributed by atoms with van der Waals surface area (Å²) in [7, 11) is 0. The van der Waals surface area contributed by atoms with E-state index in [1.54, 1.807) is 11.3 Å². The monoisotopic (exact) mass is 225 g/mol. The van der Waals surface area contributed by atoms with Crippen LogP contribution in [0.1, 0.15) is 35.6 Å². The van der Waals surface area contributed by atoms with Crippen LogP contribution >= 0.6 is 11.3 Å². The topological polar surface area (TPSA) is 50.9 Å². The highest BCUT2D eigenvalue weighted by molar-refractivity contribution is 7.11. The van der Waals surface area contributed by atoms with Crippen molar-refractivity contribution < 1.29 is 0 Å². The summed E-state index contributed by atoms with van der Waals surface area (Å²) in [5, 5.41) is 4.74. The Kier molecular flexibility index (Phi) is 3.72. The van der Waals surface area contributed by atoms with E-state index < -0.39 is 0 Å². The Bertz CT molecular complexity index is 303. The average Bonchev–Trinajstić information content (AvgIpc) is 2.64. The number of aryl methyl sites for hydroxylation is 1. The summed E-state index contributed by atoms with van der Waals surface area (Å²) in [6.07, 6.45) is 6.75. The highest BCUT2D eigenvalue weighted by atomic mass is 32.1. The highest BCUT2D eigenvalue weighted by Gasteiger charge is 2.17. The van der Waals surface area contributed by atoms with Crippen molar-refractivity contribution in [2.24, 2.45) is 5.73 Å². The van der Waals surface area contributed by atoms with Gasteiger partial charge in [-0.3, -0.25) is 0 Å². The zero-order valence-electron chi connectivity index (χ0n) is 9.20. The second-order valence-corrected chi connectivity index (χ2v) is 5.66. The quantitative estimate of drug-likeness (QED) is 0.825. The molecule has 1 saturated carbocycles. The smallest absolute Gasteiger partial charge is 0.0897 e. The van der Waals surface area contributed by atoms with Gasteiger partial charge in [0.1, 0.15) is 0 Å². The molecule has 3 nitrogen and oxygen atoms in total. The van der Waals surface area contributed by atoms with E-state index in [1.165, 1.54) is 30.6 Å². The molecule has 1 aromatic heterocycles. The number of hydrogen-bond donors (Lipinski definition) is 2. The Balaban J connectivity index is 1.74. The summed E-state index contributed by atoms with van der Waals surface area (Å²) < 4.78 is 0. The van der Waals surface area contributed by atoms with Crippen molar-refractivity contribution in [2.45, 2.75) is 51.2 Å². The lowest BCUT2D eigenvalue weighted by molar-refractivity contribution is 0.342. The first-order valence-electron chi connectivity index (χ1n) is 5.64. The summed E-state index contributed by atoms with van der Waals surface area (Å²) in [4.78, 5) is 5.59. The van der Waals surface area contributed by atoms with Crippen LogP contribution in [0.4, 0.5) is 0 Å². The van der Waals surface area contributed by atoms with Crippen LogP contribution in [0.3, 0.4) is 0 Å². The van der Waals surface area contributed by atoms with E-state index in [0.717, 1.165) is 11.6 Å². The van der Waals surface area contributed by atoms with Gasteiger partial charge >= 0.3 is 0 Å². The number of thiazole rings is 1. The van der Waals surface area contributed by atoms with E-state index in [4.69, 9.17) is 5.73 Å². The Morgan fingerprint density at radius 3 is 2.80 bits per heavy atom. The predicted octanol–water partition coefficient (Wildman–Crippen LogP) is 1.81. The van der Waals surface area contributed by atoms with E-state index in [1.807, 2.05) is 13.1 Å². The van der Waals surface area contributed by atoms with Crippen LogP contribution in [0.2, 0.25) is 0 Å². The van der Waals surface area contributed by atoms with Gasteiger partial charge in [-0.2, -0.15) is 0 Å². The molecular formula is C11H19N3S. The number of nitrogens with zero attached hydrogens (tertiary/aromatic N) is 1. The van der Waals surface area contributed by atoms with E-state index in [2.05, 4.69) is 10.3 Å². The fourth-order valence-corrected chi connectivity index (χ4v) is 2.80. The van der Waals surface area contributed by atoms with Gasteiger partial charge in [-0.15, -0.1) is 11.3 Å². The Morgan fingerprint density at radius 2 is 2.20 bits per heavy atom. The molecule has 0 aromatic carbocycles. The molecule has 1 fully saturated rings. The molecule has 1 aromatic rings. The third-order valence-electron chi connectivity index (χ3n) is 3.01. The lowest BCUT2D eigenvalue weighted by Gasteiger charge is -2.26. The first-order chi connectivity index (χ1) is 7.24. The van der Waals surface area contributed by atoms with E-state index >= 15 is 0 Å². The summed E-state index contributed by atoms with van der Waals surface area (Å²) in [5.41, 5.74) is 5.87. The maximum atomic E-state index is 5.87. The summed E-state index contributed by atoms with van der Waals surface area (Å²) in [6.45, 7) is 3.01. The molecule has 0 unspecified atom stereocenters. The molecule has 15 heavy (non-hydrogen) atoms. The van der Waals surface area contributed by atoms with E-state index in [0.29, 0.717) is 12.1 Å². The molecule has 0 radical (unpaired) electrons. The highest BCUT2D eigenvalue weighted by Crippen LogP contribution is 2.18. The Morgan fingerprint density at radius 1 is 1.47 bits per heavy atom. The normalized spacial score (nSPS) is 26.8. The zero-order chi connectivity index (χ0) is 10.7. The van der Waals surface area contributed by atoms with Crippen LogP contribution in [-0.2, 0) is 6.54 Å². The van der Waals surface area contributed by atoms with Gasteiger partial charge < -0.3 is 11.1 Å². The van der Waals surface area contributed by atoms with Crippen molar-refractivity contribution in [3.8, 4) is 0 Å². The Labute approximate surface area is 95.1 Å². The molecule has 4 heteroatoms. The minimum Gasteiger partial charge on any atom is -0.328 e. The van der Waals surface area contributed by atoms with Gasteiger partial charge in [0, 0.05) is 29.7 Å². The lowest BCUT2D eigenvalue weighted by atomic mass is 9.92. The van der Waals surface area contributed by atoms with Gasteiger partial charge in [-0.25, -0.2) is 4.98 Å². The maximum Gasteiger partial charge on any atom is 0.0897 e. The summed E-state index contributed by atoms with van der Waals surface area (Å²) in [5.74, 6) is 0. The van der Waals surface area contributed by atoms with Gasteiger partial charge in [-0.1, -0.05) is 0 Å². The standard InChI is InChI=1S/C11H19N3S/c1-8-13-6-11(15-8)7-14-10-4-2-9(12)3-5-10/h6,9-10,14H,2-5,7,12H2,1H3. The maximum absolute atomic E-state index is 5.87. The molecule has 2 rings (SSSR count). The van der Waals surface area contributed by atoms with Crippen molar-refractivity contribution in [3.05, 3.63) is 16.1 Å². The number of aromatic nitrogens is 1. The van der Waals surface area contributed by atoms with Crippen molar-refractivity contribution in [1.29, 1.82) is 0 Å². The molecule has 1 aliphatic carbocycles. The second-order valence-electron chi connectivity index (χ2n) is 4.34. The van der Waals surface area contributed by atoms with Crippen LogP contribution in [0, 0.1) is 6.92 Å². The van der Waals surface area contributed by atoms with Crippen LogP contribution in [0.15, 0.2) is 6.20 Å². The molecule has 1 aliphatic rings. The number of nitrogens with one attached hydrogen (secondary N) is 1. The summed E-state index contributed by atoms with van der Waals surface area (Å²) in [6, 6.07) is 1.10. The van der Waals surface area contributed by atoms with Gasteiger partial charge in [0.15, 0.2) is 0 Å². The van der Waals surface area contributed by atoms with Crippen molar-refractivity contribution >= 4 is 11.3 Å². The van der Waals surface area contributed by atoms with Crippen LogP contribution < -0.4 is 11.1 Å². The second kappa shape index (κ2) is 5.05. The predicted molar refractivity (Wildman–Crippen MR) is 63.9 cm³/mol. The molecule has 1 heterocycles. The fourth-order valence-electron chi connectivity index (χ4n) is 2.06. The minimum atomic E-state index is 0.439. The van der Waals surface area contributed by atoms with Crippen molar-refractivity contribution in [3.63, 3.8) is 0 Å². The van der Waals surface area contributed by atoms with Crippen molar-refractivity contribution in [1.82, 2.24) is 10.3 Å². The molecule has 3 N–H and O–H groups in total. The first-order valence-corrected chi connectivity index (χ1v) is 6.46. The van der Waals surface area contributed by atoms with Gasteiger partial charge in [0.05, 0.1) is 5.01 Å². The minimum absolute atomic E-state index is 0.439. The molecule has 84 valence electrons. The summed E-state index contributed by atoms with van der Waals surface area (Å²) >= 11 is 1.78. The number of hydrogen-bond acceptors (Lipinski definition) is 4. The molecule has 0 saturated heterocycles. The molecule has 0 spiro atoms. The third kappa shape index (κ3) is 3.26. The van der Waals surface area contributed by atoms with E-state index in [-0.39, 0.29) is 0 Å². The van der Waals surface area contributed by atoms with E-state index in [9.17, 15) is 0 Å². The van der Waals surface area contributed by atoms with Gasteiger partial charge in [0.2, 0.25) is 0 Å². The largest absolute Gasteiger partial charge is 0.328 e. The van der Waals surface area contributed by atoms with Crippen molar-refractivity contribution in [2.75, 3.05) is 0 Å². The molecular weight excluding hydrogens is 206 g/mol. The fraction of sp³-hybridized carbons (Fsp3) is 0.727. The van der Waals surface area contributed by atoms with Gasteiger partial charge in [0.25, 0.3) is 0 Å². The Hall–Kier alpha value is -0.450. The van der Waals surface area contributed by atoms with Gasteiger partial charge in [-0.05, 0) is 32.6 Å². The molecule has 0 bridgehead atoms. The molecule has 0 atom stereocenters. The number of nitrogens with two attached hydrogens (primary N) is 1. The average molecular weight is 225 g/mol. The lowest BCUT2D eigenvalue weighted by Crippen LogP contribution is -2.36. The first kappa shape index (κ1) is 11.0. The van der Waals surface area contributed by atoms with Crippen LogP contribution in [0.5, 0.6) is 0 Å². The third-order valence-corrected chi connectivity index (χ3v) is 3.92. The number of rotatable bonds is 3. The van der Waals surface area contributed by atoms with Crippen LogP contribution in [0.25, 0.3) is 0 Å². The zero-order valence-corrected chi connectivity index (χ0v) is 10.0. The van der Waals surface area contributed by atoms with Crippen LogP contribution in [-0.4, -0.2) is 17.1 Å².